The average Bonchev–Trinajstić information content (AvgIpc) is 3.11. The molecule has 0 radical (unpaired) electrons. The van der Waals surface area contributed by atoms with Crippen LogP contribution in [0.4, 0.5) is 0 Å². The van der Waals surface area contributed by atoms with Crippen molar-refractivity contribution in [3.63, 3.8) is 0 Å². The minimum absolute atomic E-state index is 0.583. The number of aromatic nitrogens is 6. The number of nitrogens with one attached hydrogen (secondary N) is 1. The summed E-state index contributed by atoms with van der Waals surface area (Å²) in [7, 11) is 0. The minimum atomic E-state index is 0.583. The monoisotopic (exact) mass is 311 g/mol. The number of nitrogens with zero attached hydrogens (tertiary/aromatic N) is 6. The third-order valence-corrected chi connectivity index (χ3v) is 3.68. The minimum Gasteiger partial charge on any atom is -0.338 e. The van der Waals surface area contributed by atoms with Crippen LogP contribution in [0.3, 0.4) is 0 Å². The van der Waals surface area contributed by atoms with E-state index in [1.807, 2.05) is 0 Å². The van der Waals surface area contributed by atoms with E-state index < -0.39 is 0 Å². The van der Waals surface area contributed by atoms with E-state index in [9.17, 15) is 0 Å². The first-order chi connectivity index (χ1) is 10.3. The van der Waals surface area contributed by atoms with Gasteiger partial charge in [0.25, 0.3) is 0 Å². The molecule has 116 valence electrons. The molecule has 0 unspecified atom stereocenters. The number of hydrogen-bond acceptors (Lipinski definition) is 8. The second-order valence-electron chi connectivity index (χ2n) is 4.58. The molecule has 21 heavy (non-hydrogen) atoms. The SMILES string of the molecule is CCCNCCn1nnnc1SCc1nc(CCC)no1. The lowest BCUT2D eigenvalue weighted by Gasteiger charge is -2.04. The molecule has 0 bridgehead atoms. The summed E-state index contributed by atoms with van der Waals surface area (Å²) in [6.45, 7) is 6.84. The number of thioether (sulfide) groups is 1. The Hall–Kier alpha value is -1.48. The maximum Gasteiger partial charge on any atom is 0.237 e. The molecule has 0 fully saturated rings. The largest absolute Gasteiger partial charge is 0.338 e. The molecule has 0 aliphatic heterocycles. The van der Waals surface area contributed by atoms with Crippen molar-refractivity contribution in [3.8, 4) is 0 Å². The highest BCUT2D eigenvalue weighted by Gasteiger charge is 2.10. The van der Waals surface area contributed by atoms with Gasteiger partial charge >= 0.3 is 0 Å². The highest BCUT2D eigenvalue weighted by molar-refractivity contribution is 7.98. The van der Waals surface area contributed by atoms with Gasteiger partial charge in [-0.15, -0.1) is 5.10 Å². The second-order valence-corrected chi connectivity index (χ2v) is 5.52. The number of rotatable bonds is 10. The second kappa shape index (κ2) is 8.73. The summed E-state index contributed by atoms with van der Waals surface area (Å²) in [5, 5.41) is 19.7. The molecular weight excluding hydrogens is 290 g/mol. The highest BCUT2D eigenvalue weighted by Crippen LogP contribution is 2.18. The molecule has 2 aromatic heterocycles. The smallest absolute Gasteiger partial charge is 0.237 e. The Labute approximate surface area is 128 Å². The molecule has 2 aromatic rings. The van der Waals surface area contributed by atoms with Crippen LogP contribution in [0, 0.1) is 0 Å². The summed E-state index contributed by atoms with van der Waals surface area (Å²) in [4.78, 5) is 4.33. The Kier molecular flexibility index (Phi) is 6.61. The first-order valence-corrected chi connectivity index (χ1v) is 8.23. The topological polar surface area (TPSA) is 94.6 Å². The van der Waals surface area contributed by atoms with Crippen molar-refractivity contribution in [2.24, 2.45) is 0 Å². The Morgan fingerprint density at radius 3 is 2.95 bits per heavy atom. The van der Waals surface area contributed by atoms with Gasteiger partial charge < -0.3 is 9.84 Å². The van der Waals surface area contributed by atoms with Gasteiger partial charge in [-0.05, 0) is 29.8 Å². The Bertz CT molecular complexity index is 527. The normalized spacial score (nSPS) is 11.1. The van der Waals surface area contributed by atoms with Gasteiger partial charge in [-0.25, -0.2) is 4.68 Å². The van der Waals surface area contributed by atoms with Crippen molar-refractivity contribution in [1.29, 1.82) is 0 Å². The van der Waals surface area contributed by atoms with Crippen LogP contribution in [0.1, 0.15) is 38.4 Å². The van der Waals surface area contributed by atoms with Gasteiger partial charge in [0.1, 0.15) is 0 Å². The van der Waals surface area contributed by atoms with E-state index >= 15 is 0 Å². The standard InChI is InChI=1S/C12H21N7OS/c1-3-5-10-14-11(20-16-10)9-21-12-15-17-18-19(12)8-7-13-6-4-2/h13H,3-9H2,1-2H3. The molecule has 1 N–H and O–H groups in total. The zero-order valence-electron chi connectivity index (χ0n) is 12.4. The molecule has 0 atom stereocenters. The molecule has 0 aromatic carbocycles. The fourth-order valence-electron chi connectivity index (χ4n) is 1.73. The predicted molar refractivity (Wildman–Crippen MR) is 78.8 cm³/mol. The Balaban J connectivity index is 1.81. The van der Waals surface area contributed by atoms with Crippen LogP contribution in [0.15, 0.2) is 9.68 Å². The van der Waals surface area contributed by atoms with Gasteiger partial charge in [-0.2, -0.15) is 4.98 Å². The summed E-state index contributed by atoms with van der Waals surface area (Å²) in [5.41, 5.74) is 0. The zero-order chi connectivity index (χ0) is 14.9. The van der Waals surface area contributed by atoms with Crippen LogP contribution in [-0.2, 0) is 18.7 Å². The van der Waals surface area contributed by atoms with E-state index in [0.29, 0.717) is 11.6 Å². The Morgan fingerprint density at radius 2 is 2.14 bits per heavy atom. The third-order valence-electron chi connectivity index (χ3n) is 2.73. The first kappa shape index (κ1) is 15.9. The van der Waals surface area contributed by atoms with Crippen molar-refractivity contribution in [2.45, 2.75) is 50.6 Å². The molecular formula is C12H21N7OS. The number of tetrazole rings is 1. The van der Waals surface area contributed by atoms with Crippen LogP contribution in [0.25, 0.3) is 0 Å². The average molecular weight is 311 g/mol. The van der Waals surface area contributed by atoms with E-state index in [1.165, 1.54) is 11.8 Å². The molecule has 9 heteroatoms. The van der Waals surface area contributed by atoms with Gasteiger partial charge in [0, 0.05) is 13.0 Å². The van der Waals surface area contributed by atoms with E-state index in [2.05, 4.69) is 44.8 Å². The summed E-state index contributed by atoms with van der Waals surface area (Å²) < 4.78 is 6.98. The van der Waals surface area contributed by atoms with E-state index in [4.69, 9.17) is 4.52 Å². The predicted octanol–water partition coefficient (Wildman–Crippen LogP) is 1.30. The van der Waals surface area contributed by atoms with E-state index in [0.717, 1.165) is 49.9 Å². The van der Waals surface area contributed by atoms with Crippen LogP contribution in [0.2, 0.25) is 0 Å². The fraction of sp³-hybridized carbons (Fsp3) is 0.750. The zero-order valence-corrected chi connectivity index (χ0v) is 13.3. The van der Waals surface area contributed by atoms with Gasteiger partial charge in [0.05, 0.1) is 12.3 Å². The number of aryl methyl sites for hydroxylation is 1. The summed E-state index contributed by atoms with van der Waals surface area (Å²) in [5.74, 6) is 1.96. The van der Waals surface area contributed by atoms with Gasteiger partial charge in [-0.3, -0.25) is 0 Å². The molecule has 0 saturated heterocycles. The summed E-state index contributed by atoms with van der Waals surface area (Å²) in [6.07, 6.45) is 2.97. The van der Waals surface area contributed by atoms with Crippen LogP contribution in [-0.4, -0.2) is 43.4 Å². The third kappa shape index (κ3) is 5.09. The van der Waals surface area contributed by atoms with Gasteiger partial charge in [0.2, 0.25) is 11.0 Å². The maximum absolute atomic E-state index is 5.20. The van der Waals surface area contributed by atoms with Crippen LogP contribution < -0.4 is 5.32 Å². The van der Waals surface area contributed by atoms with Crippen LogP contribution >= 0.6 is 11.8 Å². The lowest BCUT2D eigenvalue weighted by Crippen LogP contribution is -2.21. The molecule has 0 saturated carbocycles. The Morgan fingerprint density at radius 1 is 1.24 bits per heavy atom. The summed E-state index contributed by atoms with van der Waals surface area (Å²) in [6, 6.07) is 0. The van der Waals surface area contributed by atoms with E-state index in [-0.39, 0.29) is 0 Å². The molecule has 0 spiro atoms. The van der Waals surface area contributed by atoms with Crippen molar-refractivity contribution in [2.75, 3.05) is 13.1 Å². The maximum atomic E-state index is 5.20. The number of hydrogen-bond donors (Lipinski definition) is 1. The molecule has 0 amide bonds. The van der Waals surface area contributed by atoms with Gasteiger partial charge in [-0.1, -0.05) is 30.8 Å². The van der Waals surface area contributed by atoms with Crippen molar-refractivity contribution in [3.05, 3.63) is 11.7 Å². The van der Waals surface area contributed by atoms with Gasteiger partial charge in [0.15, 0.2) is 5.82 Å². The van der Waals surface area contributed by atoms with Crippen LogP contribution in [0.5, 0.6) is 0 Å². The van der Waals surface area contributed by atoms with Crippen molar-refractivity contribution < 1.29 is 4.52 Å². The van der Waals surface area contributed by atoms with Crippen molar-refractivity contribution in [1.82, 2.24) is 35.7 Å². The summed E-state index contributed by atoms with van der Waals surface area (Å²) >= 11 is 1.50. The van der Waals surface area contributed by atoms with Crippen molar-refractivity contribution >= 4 is 11.8 Å². The van der Waals surface area contributed by atoms with E-state index in [1.54, 1.807) is 4.68 Å². The lowest BCUT2D eigenvalue weighted by atomic mass is 10.3. The fourth-order valence-corrected chi connectivity index (χ4v) is 2.47. The lowest BCUT2D eigenvalue weighted by molar-refractivity contribution is 0.384. The first-order valence-electron chi connectivity index (χ1n) is 7.24. The molecule has 0 aliphatic carbocycles. The molecule has 2 heterocycles. The quantitative estimate of drug-likeness (QED) is 0.518. The molecule has 0 aliphatic rings. The molecule has 8 nitrogen and oxygen atoms in total. The highest BCUT2D eigenvalue weighted by atomic mass is 32.2. The molecule has 2 rings (SSSR count).